The molecule has 0 radical (unpaired) electrons. The first kappa shape index (κ1) is 20.1. The summed E-state index contributed by atoms with van der Waals surface area (Å²) in [6.07, 6.45) is 1.79. The molecule has 1 unspecified atom stereocenters. The van der Waals surface area contributed by atoms with E-state index in [0.717, 1.165) is 34.6 Å². The Hall–Kier alpha value is -3.15. The fourth-order valence-corrected chi connectivity index (χ4v) is 4.25. The summed E-state index contributed by atoms with van der Waals surface area (Å²) in [4.78, 5) is 41.6. The Labute approximate surface area is 176 Å². The van der Waals surface area contributed by atoms with Crippen LogP contribution >= 0.6 is 0 Å². The number of nitrogens with one attached hydrogen (secondary N) is 1. The Kier molecular flexibility index (Phi) is 5.10. The SMILES string of the molecule is CC(C)c1ccc(C2(C)NC(=O)N(CC(=O)N3CCCc4ccccc43)C2=O)cc1. The third kappa shape index (κ3) is 3.36. The topological polar surface area (TPSA) is 69.7 Å². The highest BCUT2D eigenvalue weighted by Crippen LogP contribution is 2.31. The van der Waals surface area contributed by atoms with Gasteiger partial charge in [-0.2, -0.15) is 0 Å². The number of carbonyl (C=O) groups is 3. The minimum Gasteiger partial charge on any atom is -0.319 e. The summed E-state index contributed by atoms with van der Waals surface area (Å²) in [5.74, 6) is -0.268. The maximum atomic E-state index is 13.2. The smallest absolute Gasteiger partial charge is 0.319 e. The molecule has 2 heterocycles. The van der Waals surface area contributed by atoms with Crippen LogP contribution in [0.15, 0.2) is 48.5 Å². The van der Waals surface area contributed by atoms with Crippen molar-refractivity contribution < 1.29 is 14.4 Å². The van der Waals surface area contributed by atoms with Crippen LogP contribution in [0.3, 0.4) is 0 Å². The molecule has 6 nitrogen and oxygen atoms in total. The predicted molar refractivity (Wildman–Crippen MR) is 115 cm³/mol. The van der Waals surface area contributed by atoms with Crippen LogP contribution in [0.1, 0.15) is 49.8 Å². The van der Waals surface area contributed by atoms with Crippen LogP contribution in [0.4, 0.5) is 10.5 Å². The molecule has 0 spiro atoms. The zero-order valence-electron chi connectivity index (χ0n) is 17.6. The number of fused-ring (bicyclic) bond motifs is 1. The molecule has 2 aliphatic heterocycles. The molecule has 6 heteroatoms. The van der Waals surface area contributed by atoms with E-state index in [2.05, 4.69) is 19.2 Å². The fraction of sp³-hybridized carbons (Fsp3) is 0.375. The minimum absolute atomic E-state index is 0.245. The molecular formula is C24H27N3O3. The van der Waals surface area contributed by atoms with E-state index in [0.29, 0.717) is 18.0 Å². The van der Waals surface area contributed by atoms with Crippen molar-refractivity contribution in [2.45, 2.75) is 45.1 Å². The number of hydrogen-bond acceptors (Lipinski definition) is 3. The minimum atomic E-state index is -1.17. The van der Waals surface area contributed by atoms with E-state index < -0.39 is 17.5 Å². The molecule has 2 aliphatic rings. The van der Waals surface area contributed by atoms with Crippen LogP contribution in [-0.4, -0.2) is 35.8 Å². The van der Waals surface area contributed by atoms with Gasteiger partial charge in [-0.1, -0.05) is 56.3 Å². The number of anilines is 1. The number of nitrogens with zero attached hydrogens (tertiary/aromatic N) is 2. The van der Waals surface area contributed by atoms with Gasteiger partial charge in [-0.05, 0) is 48.4 Å². The molecule has 0 saturated carbocycles. The van der Waals surface area contributed by atoms with Crippen LogP contribution < -0.4 is 10.2 Å². The maximum absolute atomic E-state index is 13.2. The molecule has 1 N–H and O–H groups in total. The van der Waals surface area contributed by atoms with Crippen molar-refractivity contribution in [2.75, 3.05) is 18.0 Å². The highest BCUT2D eigenvalue weighted by atomic mass is 16.2. The lowest BCUT2D eigenvalue weighted by molar-refractivity contribution is -0.134. The zero-order valence-corrected chi connectivity index (χ0v) is 17.6. The third-order valence-corrected chi connectivity index (χ3v) is 6.13. The third-order valence-electron chi connectivity index (χ3n) is 6.13. The summed E-state index contributed by atoms with van der Waals surface area (Å²) in [7, 11) is 0. The number of carbonyl (C=O) groups excluding carboxylic acids is 3. The predicted octanol–water partition coefficient (Wildman–Crippen LogP) is 3.56. The van der Waals surface area contributed by atoms with Gasteiger partial charge in [0.15, 0.2) is 0 Å². The first-order valence-electron chi connectivity index (χ1n) is 10.4. The van der Waals surface area contributed by atoms with Crippen molar-refractivity contribution >= 4 is 23.5 Å². The fourth-order valence-electron chi connectivity index (χ4n) is 4.25. The number of rotatable bonds is 4. The van der Waals surface area contributed by atoms with Crippen molar-refractivity contribution in [1.82, 2.24) is 10.2 Å². The van der Waals surface area contributed by atoms with Gasteiger partial charge in [-0.25, -0.2) is 4.79 Å². The lowest BCUT2D eigenvalue weighted by Gasteiger charge is -2.30. The lowest BCUT2D eigenvalue weighted by atomic mass is 9.90. The number of para-hydroxylation sites is 1. The molecule has 30 heavy (non-hydrogen) atoms. The van der Waals surface area contributed by atoms with Gasteiger partial charge in [0, 0.05) is 12.2 Å². The summed E-state index contributed by atoms with van der Waals surface area (Å²) >= 11 is 0. The monoisotopic (exact) mass is 405 g/mol. The van der Waals surface area contributed by atoms with Gasteiger partial charge in [-0.3, -0.25) is 14.5 Å². The average Bonchev–Trinajstić information content (AvgIpc) is 2.97. The number of amides is 4. The zero-order chi connectivity index (χ0) is 21.5. The van der Waals surface area contributed by atoms with Gasteiger partial charge in [0.2, 0.25) is 5.91 Å². The van der Waals surface area contributed by atoms with Crippen molar-refractivity contribution in [1.29, 1.82) is 0 Å². The van der Waals surface area contributed by atoms with Gasteiger partial charge in [0.25, 0.3) is 5.91 Å². The molecule has 0 aliphatic carbocycles. The Morgan fingerprint density at radius 1 is 1.10 bits per heavy atom. The number of aryl methyl sites for hydroxylation is 1. The standard InChI is InChI=1S/C24H27N3O3/c1-16(2)17-10-12-19(13-11-17)24(3)22(29)27(23(30)25-24)15-21(28)26-14-6-8-18-7-4-5-9-20(18)26/h4-5,7,9-13,16H,6,8,14-15H2,1-3H3,(H,25,30). The summed E-state index contributed by atoms with van der Waals surface area (Å²) < 4.78 is 0. The number of urea groups is 1. The van der Waals surface area contributed by atoms with E-state index >= 15 is 0 Å². The average molecular weight is 405 g/mol. The molecule has 1 atom stereocenters. The first-order chi connectivity index (χ1) is 14.3. The van der Waals surface area contributed by atoms with Crippen LogP contribution in [-0.2, 0) is 21.5 Å². The maximum Gasteiger partial charge on any atom is 0.325 e. The normalized spacial score (nSPS) is 21.1. The lowest BCUT2D eigenvalue weighted by Crippen LogP contribution is -2.46. The highest BCUT2D eigenvalue weighted by Gasteiger charge is 2.49. The van der Waals surface area contributed by atoms with E-state index in [9.17, 15) is 14.4 Å². The molecule has 4 rings (SSSR count). The molecule has 2 aromatic rings. The van der Waals surface area contributed by atoms with Gasteiger partial charge in [-0.15, -0.1) is 0 Å². The Morgan fingerprint density at radius 2 is 1.80 bits per heavy atom. The second-order valence-corrected chi connectivity index (χ2v) is 8.50. The van der Waals surface area contributed by atoms with Crippen LogP contribution in [0.2, 0.25) is 0 Å². The Bertz CT molecular complexity index is 999. The van der Waals surface area contributed by atoms with E-state index in [-0.39, 0.29) is 12.5 Å². The van der Waals surface area contributed by atoms with Crippen LogP contribution in [0.5, 0.6) is 0 Å². The highest BCUT2D eigenvalue weighted by molar-refractivity contribution is 6.10. The molecule has 1 saturated heterocycles. The number of hydrogen-bond donors (Lipinski definition) is 1. The number of benzene rings is 2. The van der Waals surface area contributed by atoms with Gasteiger partial charge in [0.05, 0.1) is 0 Å². The Balaban J connectivity index is 1.54. The van der Waals surface area contributed by atoms with Crippen molar-refractivity contribution in [2.24, 2.45) is 0 Å². The summed E-state index contributed by atoms with van der Waals surface area (Å²) in [5, 5.41) is 2.79. The molecule has 0 bridgehead atoms. The van der Waals surface area contributed by atoms with Crippen molar-refractivity contribution in [3.63, 3.8) is 0 Å². The van der Waals surface area contributed by atoms with E-state index in [4.69, 9.17) is 0 Å². The van der Waals surface area contributed by atoms with E-state index in [1.807, 2.05) is 48.5 Å². The second-order valence-electron chi connectivity index (χ2n) is 8.50. The molecule has 156 valence electrons. The van der Waals surface area contributed by atoms with Crippen molar-refractivity contribution in [3.05, 3.63) is 65.2 Å². The van der Waals surface area contributed by atoms with Gasteiger partial charge < -0.3 is 10.2 Å². The summed E-state index contributed by atoms with van der Waals surface area (Å²) in [6.45, 7) is 6.22. The quantitative estimate of drug-likeness (QED) is 0.791. The molecule has 4 amide bonds. The van der Waals surface area contributed by atoms with Crippen molar-refractivity contribution in [3.8, 4) is 0 Å². The summed E-state index contributed by atoms with van der Waals surface area (Å²) in [5.41, 5.74) is 2.68. The van der Waals surface area contributed by atoms with E-state index in [1.54, 1.807) is 11.8 Å². The van der Waals surface area contributed by atoms with Gasteiger partial charge in [0.1, 0.15) is 12.1 Å². The summed E-state index contributed by atoms with van der Waals surface area (Å²) in [6, 6.07) is 15.0. The second kappa shape index (κ2) is 7.59. The first-order valence-corrected chi connectivity index (χ1v) is 10.4. The van der Waals surface area contributed by atoms with E-state index in [1.165, 1.54) is 0 Å². The van der Waals surface area contributed by atoms with Crippen LogP contribution in [0.25, 0.3) is 0 Å². The largest absolute Gasteiger partial charge is 0.325 e. The molecule has 2 aromatic carbocycles. The number of imide groups is 1. The van der Waals surface area contributed by atoms with Gasteiger partial charge >= 0.3 is 6.03 Å². The Morgan fingerprint density at radius 3 is 2.50 bits per heavy atom. The molecular weight excluding hydrogens is 378 g/mol. The molecule has 1 fully saturated rings. The molecule has 0 aromatic heterocycles. The van der Waals surface area contributed by atoms with Crippen LogP contribution in [0, 0.1) is 0 Å².